The van der Waals surface area contributed by atoms with E-state index in [1.54, 1.807) is 0 Å². The molecule has 2 N–H and O–H groups in total. The summed E-state index contributed by atoms with van der Waals surface area (Å²) in [6.07, 6.45) is 8.24. The van der Waals surface area contributed by atoms with Crippen LogP contribution in [0.5, 0.6) is 0 Å². The van der Waals surface area contributed by atoms with Gasteiger partial charge < -0.3 is 10.6 Å². The fourth-order valence-corrected chi connectivity index (χ4v) is 6.09. The lowest BCUT2D eigenvalue weighted by molar-refractivity contribution is 0.0279. The Hall–Kier alpha value is -0.160. The molecular weight excluding hydrogens is 344 g/mol. The zero-order chi connectivity index (χ0) is 20.1. The molecule has 0 aromatic rings. The van der Waals surface area contributed by atoms with Crippen LogP contribution in [0.25, 0.3) is 0 Å². The van der Waals surface area contributed by atoms with Gasteiger partial charge in [0.25, 0.3) is 0 Å². The molecule has 28 heavy (non-hydrogen) atoms. The number of hydrogen-bond acceptors (Lipinski definition) is 4. The molecule has 2 atom stereocenters. The van der Waals surface area contributed by atoms with Crippen LogP contribution in [0.1, 0.15) is 73.1 Å². The van der Waals surface area contributed by atoms with Gasteiger partial charge in [0.1, 0.15) is 0 Å². The van der Waals surface area contributed by atoms with Gasteiger partial charge in [-0.2, -0.15) is 0 Å². The third-order valence-electron chi connectivity index (χ3n) is 8.48. The second-order valence-electron chi connectivity index (χ2n) is 10.8. The van der Waals surface area contributed by atoms with Crippen molar-refractivity contribution in [3.8, 4) is 0 Å². The van der Waals surface area contributed by atoms with E-state index < -0.39 is 0 Å². The maximum Gasteiger partial charge on any atom is 0.0196 e. The van der Waals surface area contributed by atoms with Crippen molar-refractivity contribution in [3.05, 3.63) is 0 Å². The van der Waals surface area contributed by atoms with Crippen LogP contribution in [0.2, 0.25) is 0 Å². The van der Waals surface area contributed by atoms with E-state index in [1.807, 2.05) is 0 Å². The average molecular weight is 393 g/mol. The van der Waals surface area contributed by atoms with E-state index >= 15 is 0 Å². The van der Waals surface area contributed by atoms with Crippen molar-refractivity contribution in [2.45, 2.75) is 91.3 Å². The van der Waals surface area contributed by atoms with Crippen molar-refractivity contribution in [2.24, 2.45) is 17.3 Å². The summed E-state index contributed by atoms with van der Waals surface area (Å²) in [7, 11) is 0. The molecule has 4 heteroatoms. The normalized spacial score (nSPS) is 28.7. The molecule has 0 aromatic carbocycles. The summed E-state index contributed by atoms with van der Waals surface area (Å²) in [6.45, 7) is 21.0. The number of likely N-dealkylation sites (tertiary alicyclic amines) is 2. The topological polar surface area (TPSA) is 30.5 Å². The molecule has 164 valence electrons. The highest BCUT2D eigenvalue weighted by Gasteiger charge is 2.39. The number of piperidine rings is 3. The van der Waals surface area contributed by atoms with Crippen LogP contribution in [-0.2, 0) is 0 Å². The van der Waals surface area contributed by atoms with Gasteiger partial charge in [-0.3, -0.25) is 9.80 Å². The minimum absolute atomic E-state index is 0.512. The summed E-state index contributed by atoms with van der Waals surface area (Å²) in [4.78, 5) is 5.39. The monoisotopic (exact) mass is 392 g/mol. The molecular formula is C24H48N4. The number of nitrogens with zero attached hydrogens (tertiary/aromatic N) is 2. The molecule has 3 aliphatic heterocycles. The summed E-state index contributed by atoms with van der Waals surface area (Å²) < 4.78 is 0. The van der Waals surface area contributed by atoms with Gasteiger partial charge in [-0.25, -0.2) is 0 Å². The van der Waals surface area contributed by atoms with Gasteiger partial charge in [0, 0.05) is 31.2 Å². The average Bonchev–Trinajstić information content (AvgIpc) is 2.73. The van der Waals surface area contributed by atoms with Crippen LogP contribution in [-0.4, -0.2) is 73.7 Å². The van der Waals surface area contributed by atoms with E-state index in [-0.39, 0.29) is 0 Å². The van der Waals surface area contributed by atoms with Crippen molar-refractivity contribution in [2.75, 3.05) is 45.8 Å². The molecule has 0 aliphatic carbocycles. The van der Waals surface area contributed by atoms with Crippen molar-refractivity contribution in [1.82, 2.24) is 20.4 Å². The number of hydrogen-bond donors (Lipinski definition) is 2. The zero-order valence-corrected chi connectivity index (χ0v) is 19.5. The Morgan fingerprint density at radius 3 is 2.18 bits per heavy atom. The smallest absolute Gasteiger partial charge is 0.0196 e. The summed E-state index contributed by atoms with van der Waals surface area (Å²) in [6, 6.07) is 2.04. The van der Waals surface area contributed by atoms with Crippen molar-refractivity contribution in [3.63, 3.8) is 0 Å². The molecule has 0 aromatic heterocycles. The lowest BCUT2D eigenvalue weighted by atomic mass is 9.63. The molecule has 3 rings (SSSR count). The highest BCUT2D eigenvalue weighted by atomic mass is 15.2. The molecule has 3 heterocycles. The van der Waals surface area contributed by atoms with Crippen LogP contribution in [0.3, 0.4) is 0 Å². The van der Waals surface area contributed by atoms with E-state index in [0.29, 0.717) is 23.5 Å². The zero-order valence-electron chi connectivity index (χ0n) is 19.5. The third-order valence-corrected chi connectivity index (χ3v) is 8.48. The molecule has 4 nitrogen and oxygen atoms in total. The van der Waals surface area contributed by atoms with Gasteiger partial charge in [-0.05, 0) is 109 Å². The molecule has 0 saturated carbocycles. The Kier molecular flexibility index (Phi) is 8.23. The Labute approximate surface area is 175 Å². The fourth-order valence-electron chi connectivity index (χ4n) is 6.09. The van der Waals surface area contributed by atoms with Gasteiger partial charge in [-0.1, -0.05) is 13.8 Å². The molecule has 0 bridgehead atoms. The predicted molar refractivity (Wildman–Crippen MR) is 121 cm³/mol. The van der Waals surface area contributed by atoms with Crippen molar-refractivity contribution in [1.29, 1.82) is 0 Å². The quantitative estimate of drug-likeness (QED) is 0.693. The number of rotatable bonds is 7. The first-order valence-electron chi connectivity index (χ1n) is 12.3. The fraction of sp³-hybridized carbons (Fsp3) is 1.00. The molecule has 0 amide bonds. The molecule has 3 aliphatic rings. The van der Waals surface area contributed by atoms with E-state index in [4.69, 9.17) is 0 Å². The Morgan fingerprint density at radius 2 is 1.54 bits per heavy atom. The molecule has 0 radical (unpaired) electrons. The standard InChI is InChI=1S/C24H48N4/c1-19(2)28-14-6-7-23(18-28)26-17-20(3)27-15-10-22(11-16-27)24(4,5)21-8-12-25-13-9-21/h19-23,25-26H,6-18H2,1-5H3/t20?,23-/m0/s1. The first-order valence-corrected chi connectivity index (χ1v) is 12.3. The van der Waals surface area contributed by atoms with Gasteiger partial charge in [0.15, 0.2) is 0 Å². The van der Waals surface area contributed by atoms with Crippen LogP contribution >= 0.6 is 0 Å². The minimum atomic E-state index is 0.512. The predicted octanol–water partition coefficient (Wildman–Crippen LogP) is 3.58. The first kappa shape index (κ1) is 22.5. The Bertz CT molecular complexity index is 450. The SMILES string of the molecule is CC(C)N1CCC[C@H](NCC(C)N2CCC(C(C)(C)C3CCNCC3)CC2)C1. The first-order chi connectivity index (χ1) is 13.4. The maximum absolute atomic E-state index is 3.91. The number of nitrogens with one attached hydrogen (secondary N) is 2. The van der Waals surface area contributed by atoms with E-state index in [9.17, 15) is 0 Å². The van der Waals surface area contributed by atoms with Gasteiger partial charge in [-0.15, -0.1) is 0 Å². The lowest BCUT2D eigenvalue weighted by Crippen LogP contribution is -2.52. The van der Waals surface area contributed by atoms with Gasteiger partial charge in [0.05, 0.1) is 0 Å². The molecule has 3 fully saturated rings. The second kappa shape index (κ2) is 10.2. The van der Waals surface area contributed by atoms with Crippen molar-refractivity contribution >= 4 is 0 Å². The second-order valence-corrected chi connectivity index (χ2v) is 10.8. The summed E-state index contributed by atoms with van der Waals surface area (Å²) >= 11 is 0. The lowest BCUT2D eigenvalue weighted by Gasteiger charge is -2.47. The Morgan fingerprint density at radius 1 is 0.893 bits per heavy atom. The van der Waals surface area contributed by atoms with E-state index in [0.717, 1.165) is 18.4 Å². The van der Waals surface area contributed by atoms with Gasteiger partial charge in [0.2, 0.25) is 0 Å². The summed E-state index contributed by atoms with van der Waals surface area (Å²) in [5.74, 6) is 1.82. The third kappa shape index (κ3) is 5.71. The molecule has 0 spiro atoms. The van der Waals surface area contributed by atoms with Crippen LogP contribution in [0.4, 0.5) is 0 Å². The van der Waals surface area contributed by atoms with Crippen molar-refractivity contribution < 1.29 is 0 Å². The van der Waals surface area contributed by atoms with E-state index in [1.165, 1.54) is 77.8 Å². The van der Waals surface area contributed by atoms with Crippen LogP contribution in [0.15, 0.2) is 0 Å². The highest BCUT2D eigenvalue weighted by molar-refractivity contribution is 4.91. The van der Waals surface area contributed by atoms with Gasteiger partial charge >= 0.3 is 0 Å². The summed E-state index contributed by atoms with van der Waals surface area (Å²) in [5, 5.41) is 7.45. The Balaban J connectivity index is 1.40. The maximum atomic E-state index is 3.91. The van der Waals surface area contributed by atoms with E-state index in [2.05, 4.69) is 55.1 Å². The minimum Gasteiger partial charge on any atom is -0.317 e. The van der Waals surface area contributed by atoms with Crippen LogP contribution in [0, 0.1) is 17.3 Å². The highest BCUT2D eigenvalue weighted by Crippen LogP contribution is 2.44. The summed E-state index contributed by atoms with van der Waals surface area (Å²) in [5.41, 5.74) is 0.512. The largest absolute Gasteiger partial charge is 0.317 e. The molecule has 1 unspecified atom stereocenters. The van der Waals surface area contributed by atoms with Crippen LogP contribution < -0.4 is 10.6 Å². The molecule has 3 saturated heterocycles.